The van der Waals surface area contributed by atoms with Gasteiger partial charge in [-0.2, -0.15) is 0 Å². The number of piperidine rings is 1. The van der Waals surface area contributed by atoms with Crippen LogP contribution in [0.2, 0.25) is 0 Å². The van der Waals surface area contributed by atoms with E-state index in [1.165, 1.54) is 24.3 Å². The van der Waals surface area contributed by atoms with Crippen LogP contribution in [0.5, 0.6) is 0 Å². The largest absolute Gasteiger partial charge is 0.381 e. The number of imide groups is 1. The molecule has 0 aliphatic carbocycles. The maximum Gasteiger partial charge on any atom is 0.255 e. The number of rotatable bonds is 6. The highest BCUT2D eigenvalue weighted by molar-refractivity contribution is 6.06. The van der Waals surface area contributed by atoms with E-state index in [0.29, 0.717) is 4.90 Å². The summed E-state index contributed by atoms with van der Waals surface area (Å²) in [5.74, 6) is -3.81. The van der Waals surface area contributed by atoms with Crippen LogP contribution in [0.1, 0.15) is 77.2 Å². The molecule has 2 aromatic carbocycles. The van der Waals surface area contributed by atoms with Crippen LogP contribution in [0.3, 0.4) is 0 Å². The Hall–Kier alpha value is -3.30. The van der Waals surface area contributed by atoms with Crippen molar-refractivity contribution in [3.8, 4) is 0 Å². The Morgan fingerprint density at radius 3 is 2.63 bits per heavy atom. The number of fused-ring (bicyclic) bond motifs is 1. The maximum absolute atomic E-state index is 15.3. The van der Waals surface area contributed by atoms with Crippen molar-refractivity contribution in [2.75, 3.05) is 18.4 Å². The van der Waals surface area contributed by atoms with Crippen molar-refractivity contribution in [1.82, 2.24) is 15.1 Å². The molecule has 3 amide bonds. The summed E-state index contributed by atoms with van der Waals surface area (Å²) in [5, 5.41) is 4.47. The molecule has 0 radical (unpaired) electrons. The fourth-order valence-electron chi connectivity index (χ4n) is 5.12. The average molecular weight is 530 g/mol. The van der Waals surface area contributed by atoms with Crippen LogP contribution in [0.25, 0.3) is 0 Å². The molecule has 1 atom stereocenters. The Morgan fingerprint density at radius 2 is 1.92 bits per heavy atom. The lowest BCUT2D eigenvalue weighted by atomic mass is 9.98. The monoisotopic (exact) mass is 529 g/mol. The number of anilines is 1. The first-order valence-electron chi connectivity index (χ1n) is 15.9. The van der Waals surface area contributed by atoms with Gasteiger partial charge in [-0.05, 0) is 63.9 Å². The van der Waals surface area contributed by atoms with Gasteiger partial charge in [0.25, 0.3) is 5.91 Å². The van der Waals surface area contributed by atoms with Gasteiger partial charge in [0.05, 0.1) is 18.1 Å². The topological polar surface area (TPSA) is 91.0 Å². The second-order valence-corrected chi connectivity index (χ2v) is 10.8. The first-order valence-corrected chi connectivity index (χ1v) is 12.4. The molecule has 8 nitrogen and oxygen atoms in total. The van der Waals surface area contributed by atoms with Crippen molar-refractivity contribution in [3.63, 3.8) is 0 Å². The van der Waals surface area contributed by atoms with Crippen LogP contribution in [-0.4, -0.2) is 57.8 Å². The molecule has 1 unspecified atom stereocenters. The number of amides is 3. The van der Waals surface area contributed by atoms with Crippen molar-refractivity contribution < 1.29 is 33.1 Å². The number of carbonyl (C=O) groups excluding carboxylic acids is 3. The summed E-state index contributed by atoms with van der Waals surface area (Å²) in [4.78, 5) is 39.9. The first kappa shape index (κ1) is 18.9. The van der Waals surface area contributed by atoms with Gasteiger partial charge >= 0.3 is 0 Å². The lowest BCUT2D eigenvalue weighted by Gasteiger charge is -2.47. The van der Waals surface area contributed by atoms with E-state index in [2.05, 4.69) is 5.32 Å². The van der Waals surface area contributed by atoms with Gasteiger partial charge in [0.15, 0.2) is 0 Å². The van der Waals surface area contributed by atoms with E-state index in [4.69, 9.17) is 14.3 Å². The minimum absolute atomic E-state index is 0.0120. The SMILES string of the molecule is [2H]C([2H])(Nc1cccc2c1C([2H])([2H])N(C1([2H])CCC(=O)NC1=O)C2=O)c1cc(C([2H])([2H])N2CC(C)(C)OC(C)(C)C2)ccc1F. The summed E-state index contributed by atoms with van der Waals surface area (Å²) < 4.78 is 83.2. The highest BCUT2D eigenvalue weighted by Crippen LogP contribution is 2.33. The van der Waals surface area contributed by atoms with E-state index in [-0.39, 0.29) is 41.9 Å². The number of nitrogens with zero attached hydrogens (tertiary/aromatic N) is 2. The number of nitrogens with one attached hydrogen (secondary N) is 2. The number of hydrogen-bond acceptors (Lipinski definition) is 6. The van der Waals surface area contributed by atoms with Crippen LogP contribution in [-0.2, 0) is 33.8 Å². The van der Waals surface area contributed by atoms with E-state index in [0.717, 1.165) is 12.1 Å². The van der Waals surface area contributed by atoms with Crippen LogP contribution in [0.15, 0.2) is 36.4 Å². The lowest BCUT2D eigenvalue weighted by molar-refractivity contribution is -0.182. The van der Waals surface area contributed by atoms with Gasteiger partial charge in [-0.15, -0.1) is 0 Å². The van der Waals surface area contributed by atoms with Crippen LogP contribution < -0.4 is 10.6 Å². The fourth-order valence-corrected chi connectivity index (χ4v) is 5.12. The molecule has 2 fully saturated rings. The summed E-state index contributed by atoms with van der Waals surface area (Å²) in [6.45, 7) is 0.0417. The van der Waals surface area contributed by atoms with Gasteiger partial charge in [-0.3, -0.25) is 24.6 Å². The molecule has 0 aromatic heterocycles. The molecular formula is C29H35FN4O4. The number of hydrogen-bond donors (Lipinski definition) is 2. The molecule has 5 rings (SSSR count). The highest BCUT2D eigenvalue weighted by atomic mass is 19.1. The van der Waals surface area contributed by atoms with Crippen LogP contribution >= 0.6 is 0 Å². The Kier molecular flexibility index (Phi) is 4.86. The van der Waals surface area contributed by atoms with Gasteiger partial charge in [0.2, 0.25) is 11.8 Å². The van der Waals surface area contributed by atoms with Gasteiger partial charge in [0, 0.05) is 64.1 Å². The molecular weight excluding hydrogens is 487 g/mol. The molecule has 2 saturated heterocycles. The van der Waals surface area contributed by atoms with Crippen molar-refractivity contribution in [2.24, 2.45) is 0 Å². The highest BCUT2D eigenvalue weighted by Gasteiger charge is 2.40. The summed E-state index contributed by atoms with van der Waals surface area (Å²) in [6.07, 6.45) is -0.736. The van der Waals surface area contributed by atoms with Gasteiger partial charge in [0.1, 0.15) is 11.8 Å². The molecule has 3 aliphatic heterocycles. The van der Waals surface area contributed by atoms with Crippen molar-refractivity contribution in [3.05, 3.63) is 64.5 Å². The van der Waals surface area contributed by atoms with Gasteiger partial charge in [-0.1, -0.05) is 12.1 Å². The Bertz CT molecular complexity index is 1590. The van der Waals surface area contributed by atoms with E-state index in [9.17, 15) is 14.4 Å². The zero-order valence-electron chi connectivity index (χ0n) is 28.7. The fraction of sp³-hybridized carbons (Fsp3) is 0.483. The molecule has 3 heterocycles. The predicted molar refractivity (Wildman–Crippen MR) is 141 cm³/mol. The maximum atomic E-state index is 15.3. The summed E-state index contributed by atoms with van der Waals surface area (Å²) in [5.41, 5.74) is -2.80. The van der Waals surface area contributed by atoms with E-state index in [1.807, 2.05) is 33.0 Å². The Labute approximate surface area is 232 Å². The third kappa shape index (κ3) is 5.44. The third-order valence-corrected chi connectivity index (χ3v) is 6.38. The second-order valence-electron chi connectivity index (χ2n) is 10.8. The smallest absolute Gasteiger partial charge is 0.255 e. The summed E-state index contributed by atoms with van der Waals surface area (Å²) in [6, 6.07) is 4.73. The zero-order chi connectivity index (χ0) is 33.5. The van der Waals surface area contributed by atoms with Crippen LogP contribution in [0.4, 0.5) is 10.1 Å². The number of morpholine rings is 1. The van der Waals surface area contributed by atoms with Crippen molar-refractivity contribution in [1.29, 1.82) is 0 Å². The second kappa shape index (κ2) is 9.78. The Morgan fingerprint density at radius 1 is 1.18 bits per heavy atom. The molecule has 0 saturated carbocycles. The Balaban J connectivity index is 1.50. The molecule has 2 aromatic rings. The molecule has 2 N–H and O–H groups in total. The lowest BCUT2D eigenvalue weighted by Crippen LogP contribution is -2.56. The van der Waals surface area contributed by atoms with Gasteiger partial charge < -0.3 is 15.0 Å². The van der Waals surface area contributed by atoms with Crippen molar-refractivity contribution in [2.45, 2.75) is 77.2 Å². The quantitative estimate of drug-likeness (QED) is 0.556. The minimum Gasteiger partial charge on any atom is -0.381 e. The molecule has 0 bridgehead atoms. The molecule has 0 spiro atoms. The van der Waals surface area contributed by atoms with E-state index >= 15 is 4.39 Å². The van der Waals surface area contributed by atoms with Crippen LogP contribution in [0, 0.1) is 5.82 Å². The number of halogens is 1. The summed E-state index contributed by atoms with van der Waals surface area (Å²) in [7, 11) is 0. The standard InChI is InChI=1S/C29H35FN4O4/c1-28(2)16-33(17-29(3,4)38-28)14-18-8-9-22(30)19(12-18)13-31-23-7-5-6-20-21(23)15-34(27(20)37)24-10-11-25(35)32-26(24)36/h5-9,12,24,31H,10-11,13-17H2,1-4H3,(H,32,35,36)/i13D2,14D2,15D2,24D. The number of ether oxygens (including phenoxy) is 1. The molecule has 38 heavy (non-hydrogen) atoms. The van der Waals surface area contributed by atoms with Gasteiger partial charge in [-0.25, -0.2) is 4.39 Å². The minimum atomic E-state index is -2.81. The molecule has 202 valence electrons. The average Bonchev–Trinajstić information content (AvgIpc) is 3.10. The van der Waals surface area contributed by atoms with E-state index in [1.54, 1.807) is 4.90 Å². The van der Waals surface area contributed by atoms with E-state index < -0.39 is 72.2 Å². The summed E-state index contributed by atoms with van der Waals surface area (Å²) >= 11 is 0. The first-order chi connectivity index (χ1) is 20.5. The normalized spacial score (nSPS) is 29.6. The predicted octanol–water partition coefficient (Wildman–Crippen LogP) is 3.59. The third-order valence-electron chi connectivity index (χ3n) is 6.38. The van der Waals surface area contributed by atoms with Crippen molar-refractivity contribution >= 4 is 23.4 Å². The number of benzene rings is 2. The number of carbonyl (C=O) groups is 3. The molecule has 9 heteroatoms. The molecule has 3 aliphatic rings. The zero-order valence-corrected chi connectivity index (χ0v) is 21.7.